The molecule has 15 aromatic rings. The Labute approximate surface area is 449 Å². The number of para-hydroxylation sites is 3. The van der Waals surface area contributed by atoms with E-state index in [9.17, 15) is 0 Å². The van der Waals surface area contributed by atoms with E-state index >= 15 is 0 Å². The predicted octanol–water partition coefficient (Wildman–Crippen LogP) is 21.0. The molecule has 0 N–H and O–H groups in total. The van der Waals surface area contributed by atoms with Gasteiger partial charge in [-0.2, -0.15) is 0 Å². The molecule has 0 fully saturated rings. The maximum Gasteiger partial charge on any atom is 0.137 e. The first-order valence-corrected chi connectivity index (χ1v) is 26.9. The Morgan fingerprint density at radius 3 is 1.40 bits per heavy atom. The Balaban J connectivity index is 0.994. The van der Waals surface area contributed by atoms with Crippen molar-refractivity contribution >= 4 is 109 Å². The third kappa shape index (κ3) is 7.83. The average molecular weight is 1000 g/mol. The Bertz CT molecular complexity index is 4450. The normalized spacial score (nSPS) is 11.6. The van der Waals surface area contributed by atoms with Crippen molar-refractivity contribution < 1.29 is 4.42 Å². The second kappa shape index (κ2) is 18.5. The molecule has 15 rings (SSSR count). The molecule has 0 radical (unpaired) electrons. The number of thiophene rings is 1. The highest BCUT2D eigenvalue weighted by Crippen LogP contribution is 2.47. The van der Waals surface area contributed by atoms with E-state index in [4.69, 9.17) is 4.42 Å². The Hall–Kier alpha value is -9.94. The smallest absolute Gasteiger partial charge is 0.137 e. The summed E-state index contributed by atoms with van der Waals surface area (Å²) in [6.45, 7) is 0. The van der Waals surface area contributed by atoms with E-state index in [0.717, 1.165) is 89.5 Å². The molecule has 3 aromatic heterocycles. The highest BCUT2D eigenvalue weighted by Gasteiger charge is 2.23. The summed E-state index contributed by atoms with van der Waals surface area (Å²) in [6, 6.07) is 103. The fourth-order valence-corrected chi connectivity index (χ4v) is 12.6. The van der Waals surface area contributed by atoms with Crippen molar-refractivity contribution in [3.05, 3.63) is 285 Å². The Kier molecular flexibility index (Phi) is 10.7. The lowest BCUT2D eigenvalue weighted by Crippen LogP contribution is -2.13. The fourth-order valence-electron chi connectivity index (χ4n) is 11.5. The molecule has 0 bridgehead atoms. The van der Waals surface area contributed by atoms with Crippen LogP contribution < -0.4 is 9.80 Å². The molecule has 0 saturated heterocycles. The summed E-state index contributed by atoms with van der Waals surface area (Å²) >= 11 is 1.84. The number of aromatic nitrogens is 1. The molecule has 0 amide bonds. The molecule has 4 nitrogen and oxygen atoms in total. The summed E-state index contributed by atoms with van der Waals surface area (Å²) in [5.41, 5.74) is 18.1. The lowest BCUT2D eigenvalue weighted by atomic mass is 9.99. The second-order valence-electron chi connectivity index (χ2n) is 19.7. The van der Waals surface area contributed by atoms with Crippen LogP contribution in [0.2, 0.25) is 0 Å². The first kappa shape index (κ1) is 44.5. The van der Waals surface area contributed by atoms with Crippen LogP contribution in [0.5, 0.6) is 0 Å². The maximum absolute atomic E-state index is 6.64. The average Bonchev–Trinajstić information content (AvgIpc) is 4.26. The highest BCUT2D eigenvalue weighted by atomic mass is 32.1. The van der Waals surface area contributed by atoms with Gasteiger partial charge in [0, 0.05) is 87.6 Å². The van der Waals surface area contributed by atoms with Gasteiger partial charge in [-0.05, 0) is 137 Å². The predicted molar refractivity (Wildman–Crippen MR) is 327 cm³/mol. The minimum Gasteiger partial charge on any atom is -0.456 e. The van der Waals surface area contributed by atoms with Crippen LogP contribution in [0.15, 0.2) is 290 Å². The van der Waals surface area contributed by atoms with Crippen molar-refractivity contribution in [1.82, 2.24) is 4.57 Å². The standard InChI is InChI=1S/C72H47N3OS/c1-4-16-48(17-5-1)50-28-33-55(34-29-50)73(57-37-40-64-63-23-11-14-26-69(63)76-70(64)46-57)59-42-53(52-32-39-62-61-22-10-13-25-67(61)75(68(62)44-52)54-20-8-3-9-21-54)43-60(45-59)74(56-35-30-51(31-36-56)49-18-6-2-7-19-49)58-38-41-66-65-24-12-15-27-71(65)77-72(66)47-58/h1-47H. The van der Waals surface area contributed by atoms with Gasteiger partial charge in [-0.1, -0.05) is 176 Å². The number of furan rings is 1. The third-order valence-electron chi connectivity index (χ3n) is 15.1. The Morgan fingerprint density at radius 2 is 0.727 bits per heavy atom. The zero-order chi connectivity index (χ0) is 50.8. The number of anilines is 6. The molecule has 0 aliphatic carbocycles. The van der Waals surface area contributed by atoms with Crippen LogP contribution in [0.3, 0.4) is 0 Å². The van der Waals surface area contributed by atoms with Gasteiger partial charge in [-0.25, -0.2) is 0 Å². The van der Waals surface area contributed by atoms with Crippen molar-refractivity contribution in [1.29, 1.82) is 0 Å². The zero-order valence-electron chi connectivity index (χ0n) is 41.8. The van der Waals surface area contributed by atoms with E-state index in [1.807, 2.05) is 17.4 Å². The topological polar surface area (TPSA) is 24.6 Å². The number of nitrogens with zero attached hydrogens (tertiary/aromatic N) is 3. The molecule has 12 aromatic carbocycles. The third-order valence-corrected chi connectivity index (χ3v) is 16.3. The maximum atomic E-state index is 6.64. The largest absolute Gasteiger partial charge is 0.456 e. The SMILES string of the molecule is c1ccc(-c2ccc(N(c3cc(-c4ccc5c6ccccc6n(-c6ccccc6)c5c4)cc(N(c4ccc(-c5ccccc5)cc4)c4ccc5c(c4)sc4ccccc45)c3)c3ccc4c(c3)oc3ccccc34)cc2)cc1. The van der Waals surface area contributed by atoms with Gasteiger partial charge in [0.15, 0.2) is 0 Å². The van der Waals surface area contributed by atoms with E-state index in [2.05, 4.69) is 293 Å². The van der Waals surface area contributed by atoms with Gasteiger partial charge in [0.1, 0.15) is 11.2 Å². The lowest BCUT2D eigenvalue weighted by molar-refractivity contribution is 0.669. The van der Waals surface area contributed by atoms with Gasteiger partial charge < -0.3 is 18.8 Å². The summed E-state index contributed by atoms with van der Waals surface area (Å²) in [4.78, 5) is 4.82. The summed E-state index contributed by atoms with van der Waals surface area (Å²) < 4.78 is 11.6. The van der Waals surface area contributed by atoms with E-state index in [1.165, 1.54) is 47.6 Å². The molecule has 5 heteroatoms. The zero-order valence-corrected chi connectivity index (χ0v) is 42.6. The van der Waals surface area contributed by atoms with Crippen LogP contribution in [-0.4, -0.2) is 4.57 Å². The van der Waals surface area contributed by atoms with Gasteiger partial charge in [-0.3, -0.25) is 0 Å². The molecule has 0 atom stereocenters. The van der Waals surface area contributed by atoms with E-state index < -0.39 is 0 Å². The second-order valence-corrected chi connectivity index (χ2v) is 20.8. The van der Waals surface area contributed by atoms with Crippen LogP contribution >= 0.6 is 11.3 Å². The molecule has 77 heavy (non-hydrogen) atoms. The van der Waals surface area contributed by atoms with E-state index in [-0.39, 0.29) is 0 Å². The lowest BCUT2D eigenvalue weighted by Gasteiger charge is -2.30. The summed E-state index contributed by atoms with van der Waals surface area (Å²) in [5.74, 6) is 0. The molecule has 0 aliphatic heterocycles. The minimum absolute atomic E-state index is 0.835. The van der Waals surface area contributed by atoms with Gasteiger partial charge in [-0.15, -0.1) is 11.3 Å². The number of fused-ring (bicyclic) bond motifs is 9. The number of hydrogen-bond acceptors (Lipinski definition) is 4. The summed E-state index contributed by atoms with van der Waals surface area (Å²) in [6.07, 6.45) is 0. The van der Waals surface area contributed by atoms with Crippen molar-refractivity contribution in [2.75, 3.05) is 9.80 Å². The summed E-state index contributed by atoms with van der Waals surface area (Å²) in [5, 5.41) is 7.16. The van der Waals surface area contributed by atoms with Crippen LogP contribution in [0.1, 0.15) is 0 Å². The van der Waals surface area contributed by atoms with Gasteiger partial charge in [0.2, 0.25) is 0 Å². The molecule has 0 saturated carbocycles. The Morgan fingerprint density at radius 1 is 0.260 bits per heavy atom. The van der Waals surface area contributed by atoms with Crippen LogP contribution in [0.25, 0.3) is 103 Å². The molecule has 0 aliphatic rings. The van der Waals surface area contributed by atoms with Crippen molar-refractivity contribution in [2.24, 2.45) is 0 Å². The first-order chi connectivity index (χ1) is 38.1. The van der Waals surface area contributed by atoms with E-state index in [1.54, 1.807) is 0 Å². The van der Waals surface area contributed by atoms with Gasteiger partial charge in [0.25, 0.3) is 0 Å². The summed E-state index contributed by atoms with van der Waals surface area (Å²) in [7, 11) is 0. The van der Waals surface area contributed by atoms with Crippen LogP contribution in [0.4, 0.5) is 34.1 Å². The van der Waals surface area contributed by atoms with Gasteiger partial charge >= 0.3 is 0 Å². The fraction of sp³-hybridized carbons (Fsp3) is 0. The van der Waals surface area contributed by atoms with Crippen LogP contribution in [-0.2, 0) is 0 Å². The first-order valence-electron chi connectivity index (χ1n) is 26.1. The molecule has 0 spiro atoms. The monoisotopic (exact) mass is 1000 g/mol. The van der Waals surface area contributed by atoms with Crippen molar-refractivity contribution in [3.63, 3.8) is 0 Å². The quantitative estimate of drug-likeness (QED) is 0.136. The number of benzene rings is 12. The molecule has 0 unspecified atom stereocenters. The number of hydrogen-bond donors (Lipinski definition) is 0. The number of rotatable bonds is 10. The van der Waals surface area contributed by atoms with Gasteiger partial charge in [0.05, 0.1) is 11.0 Å². The molecular formula is C72H47N3OS. The highest BCUT2D eigenvalue weighted by molar-refractivity contribution is 7.25. The molecule has 362 valence electrons. The van der Waals surface area contributed by atoms with E-state index in [0.29, 0.717) is 0 Å². The van der Waals surface area contributed by atoms with Crippen molar-refractivity contribution in [3.8, 4) is 39.1 Å². The minimum atomic E-state index is 0.835. The molecule has 3 heterocycles. The van der Waals surface area contributed by atoms with Crippen LogP contribution in [0, 0.1) is 0 Å². The van der Waals surface area contributed by atoms with Crippen molar-refractivity contribution in [2.45, 2.75) is 0 Å². The molecular weight excluding hydrogens is 955 g/mol.